The summed E-state index contributed by atoms with van der Waals surface area (Å²) in [6.45, 7) is 2.24. The molecule has 3 rings (SSSR count). The van der Waals surface area contributed by atoms with Gasteiger partial charge in [-0.2, -0.15) is 0 Å². The molecule has 1 aliphatic heterocycles. The van der Waals surface area contributed by atoms with E-state index in [0.717, 1.165) is 25.9 Å². The van der Waals surface area contributed by atoms with Crippen LogP contribution in [0, 0.1) is 5.92 Å². The van der Waals surface area contributed by atoms with E-state index in [9.17, 15) is 4.79 Å². The van der Waals surface area contributed by atoms with Crippen molar-refractivity contribution in [3.63, 3.8) is 0 Å². The molecule has 2 fully saturated rings. The first-order valence-electron chi connectivity index (χ1n) is 7.85. The summed E-state index contributed by atoms with van der Waals surface area (Å²) >= 11 is 0. The minimum atomic E-state index is 0.131. The number of hydrogen-bond donors (Lipinski definition) is 1. The number of anilines is 2. The van der Waals surface area contributed by atoms with Gasteiger partial charge in [-0.05, 0) is 37.8 Å². The fourth-order valence-corrected chi connectivity index (χ4v) is 2.87. The van der Waals surface area contributed by atoms with E-state index in [1.54, 1.807) is 0 Å². The molecule has 0 bridgehead atoms. The Bertz CT molecular complexity index is 445. The molecular weight excluding hydrogens is 250 g/mol. The third-order valence-electron chi connectivity index (χ3n) is 4.45. The maximum Gasteiger partial charge on any atom is 0.228 e. The Morgan fingerprint density at radius 1 is 1.10 bits per heavy atom. The molecule has 2 heterocycles. The molecule has 20 heavy (non-hydrogen) atoms. The summed E-state index contributed by atoms with van der Waals surface area (Å²) in [6.07, 6.45) is 10.3. The maximum atomic E-state index is 11.9. The molecule has 1 aromatic rings. The van der Waals surface area contributed by atoms with Crippen LogP contribution in [0.3, 0.4) is 0 Å². The minimum absolute atomic E-state index is 0.131. The van der Waals surface area contributed by atoms with Crippen LogP contribution in [0.1, 0.15) is 44.9 Å². The van der Waals surface area contributed by atoms with Crippen LogP contribution < -0.4 is 10.2 Å². The zero-order chi connectivity index (χ0) is 13.8. The van der Waals surface area contributed by atoms with Crippen molar-refractivity contribution < 1.29 is 4.79 Å². The Kier molecular flexibility index (Phi) is 4.19. The number of nitrogens with one attached hydrogen (secondary N) is 1. The highest BCUT2D eigenvalue weighted by atomic mass is 16.2. The maximum absolute atomic E-state index is 11.9. The van der Waals surface area contributed by atoms with Crippen molar-refractivity contribution in [2.24, 2.45) is 5.92 Å². The monoisotopic (exact) mass is 273 g/mol. The lowest BCUT2D eigenvalue weighted by atomic mass is 9.85. The van der Waals surface area contributed by atoms with Gasteiger partial charge in [-0.1, -0.05) is 19.3 Å². The average molecular weight is 273 g/mol. The molecule has 0 unspecified atom stereocenters. The van der Waals surface area contributed by atoms with Gasteiger partial charge in [-0.3, -0.25) is 4.79 Å². The largest absolute Gasteiger partial charge is 0.370 e. The third-order valence-corrected chi connectivity index (χ3v) is 4.45. The van der Waals surface area contributed by atoms with Crippen molar-refractivity contribution in [2.45, 2.75) is 44.9 Å². The number of hydrogen-bond acceptors (Lipinski definition) is 3. The van der Waals surface area contributed by atoms with Gasteiger partial charge in [0.1, 0.15) is 5.82 Å². The highest BCUT2D eigenvalue weighted by molar-refractivity contribution is 5.92. The van der Waals surface area contributed by atoms with Crippen molar-refractivity contribution in [2.75, 3.05) is 23.3 Å². The van der Waals surface area contributed by atoms with Gasteiger partial charge in [0.25, 0.3) is 0 Å². The van der Waals surface area contributed by atoms with E-state index in [1.807, 2.05) is 12.3 Å². The number of nitrogens with zero attached hydrogens (tertiary/aromatic N) is 2. The molecule has 4 nitrogen and oxygen atoms in total. The first-order valence-corrected chi connectivity index (χ1v) is 7.85. The van der Waals surface area contributed by atoms with Crippen LogP contribution >= 0.6 is 0 Å². The van der Waals surface area contributed by atoms with E-state index in [4.69, 9.17) is 0 Å². The van der Waals surface area contributed by atoms with Crippen LogP contribution in [-0.2, 0) is 4.79 Å². The van der Waals surface area contributed by atoms with Crippen LogP contribution in [0.25, 0.3) is 0 Å². The fraction of sp³-hybridized carbons (Fsp3) is 0.625. The smallest absolute Gasteiger partial charge is 0.228 e. The van der Waals surface area contributed by atoms with Gasteiger partial charge in [-0.15, -0.1) is 0 Å². The Labute approximate surface area is 120 Å². The molecule has 4 heteroatoms. The van der Waals surface area contributed by atoms with Gasteiger partial charge in [0.2, 0.25) is 5.91 Å². The molecule has 1 saturated carbocycles. The highest BCUT2D eigenvalue weighted by Crippen LogP contribution is 2.27. The predicted molar refractivity (Wildman–Crippen MR) is 80.9 cm³/mol. The lowest BCUT2D eigenvalue weighted by Gasteiger charge is -2.24. The topological polar surface area (TPSA) is 45.2 Å². The van der Waals surface area contributed by atoms with Crippen LogP contribution in [0.5, 0.6) is 0 Å². The zero-order valence-corrected chi connectivity index (χ0v) is 12.0. The van der Waals surface area contributed by atoms with E-state index in [2.05, 4.69) is 21.3 Å². The van der Waals surface area contributed by atoms with Gasteiger partial charge in [0.05, 0.1) is 11.9 Å². The Balaban J connectivity index is 1.59. The number of aromatic nitrogens is 1. The van der Waals surface area contributed by atoms with Gasteiger partial charge in [0.15, 0.2) is 0 Å². The molecule has 1 aromatic heterocycles. The van der Waals surface area contributed by atoms with Gasteiger partial charge in [0, 0.05) is 19.0 Å². The molecule has 1 N–H and O–H groups in total. The Morgan fingerprint density at radius 3 is 2.40 bits per heavy atom. The number of carbonyl (C=O) groups excluding carboxylic acids is 1. The molecule has 1 saturated heterocycles. The number of amides is 1. The average Bonchev–Trinajstić information content (AvgIpc) is 2.66. The molecular formula is C16H23N3O. The zero-order valence-electron chi connectivity index (χ0n) is 12.0. The molecule has 0 aromatic carbocycles. The second-order valence-electron chi connectivity index (χ2n) is 5.92. The quantitative estimate of drug-likeness (QED) is 0.920. The van der Waals surface area contributed by atoms with E-state index < -0.39 is 0 Å². The van der Waals surface area contributed by atoms with E-state index >= 15 is 0 Å². The van der Waals surface area contributed by atoms with Crippen LogP contribution in [0.2, 0.25) is 0 Å². The molecule has 1 aliphatic carbocycles. The van der Waals surface area contributed by atoms with Crippen molar-refractivity contribution in [1.82, 2.24) is 4.98 Å². The first-order chi connectivity index (χ1) is 9.83. The molecule has 0 spiro atoms. The summed E-state index contributed by atoms with van der Waals surface area (Å²) in [4.78, 5) is 18.7. The summed E-state index contributed by atoms with van der Waals surface area (Å²) in [5.74, 6) is 1.02. The summed E-state index contributed by atoms with van der Waals surface area (Å²) in [5, 5.41) is 2.92. The van der Waals surface area contributed by atoms with E-state index in [-0.39, 0.29) is 11.8 Å². The third kappa shape index (κ3) is 3.11. The predicted octanol–water partition coefficient (Wildman–Crippen LogP) is 3.20. The minimum Gasteiger partial charge on any atom is -0.370 e. The normalized spacial score (nSPS) is 20.1. The molecule has 2 aliphatic rings. The molecule has 0 radical (unpaired) electrons. The summed E-state index contributed by atoms with van der Waals surface area (Å²) < 4.78 is 0. The van der Waals surface area contributed by atoms with Crippen LogP contribution in [0.15, 0.2) is 18.3 Å². The van der Waals surface area contributed by atoms with Crippen molar-refractivity contribution in [3.05, 3.63) is 18.3 Å². The second kappa shape index (κ2) is 6.25. The van der Waals surface area contributed by atoms with Crippen molar-refractivity contribution in [1.29, 1.82) is 0 Å². The Morgan fingerprint density at radius 2 is 1.85 bits per heavy atom. The molecule has 108 valence electrons. The standard InChI is InChI=1S/C16H23N3O/c20-16(13-6-5-7-13)18-15-9-8-14(12-17-15)19-10-3-1-2-4-11-19/h8-9,12-13H,1-7,10-11H2,(H,17,18,20). The summed E-state index contributed by atoms with van der Waals surface area (Å²) in [5.41, 5.74) is 1.17. The Hall–Kier alpha value is -1.58. The van der Waals surface area contributed by atoms with Crippen LogP contribution in [-0.4, -0.2) is 24.0 Å². The highest BCUT2D eigenvalue weighted by Gasteiger charge is 2.25. The van der Waals surface area contributed by atoms with Gasteiger partial charge in [-0.25, -0.2) is 4.98 Å². The van der Waals surface area contributed by atoms with E-state index in [1.165, 1.54) is 37.8 Å². The SMILES string of the molecule is O=C(Nc1ccc(N2CCCCCC2)cn1)C1CCC1. The van der Waals surface area contributed by atoms with Gasteiger partial charge < -0.3 is 10.2 Å². The lowest BCUT2D eigenvalue weighted by Crippen LogP contribution is -2.28. The first kappa shape index (κ1) is 13.4. The van der Waals surface area contributed by atoms with Crippen molar-refractivity contribution >= 4 is 17.4 Å². The van der Waals surface area contributed by atoms with Crippen LogP contribution in [0.4, 0.5) is 11.5 Å². The van der Waals surface area contributed by atoms with Gasteiger partial charge >= 0.3 is 0 Å². The fourth-order valence-electron chi connectivity index (χ4n) is 2.87. The summed E-state index contributed by atoms with van der Waals surface area (Å²) in [7, 11) is 0. The molecule has 1 amide bonds. The summed E-state index contributed by atoms with van der Waals surface area (Å²) in [6, 6.07) is 4.01. The number of carbonyl (C=O) groups is 1. The van der Waals surface area contributed by atoms with Crippen molar-refractivity contribution in [3.8, 4) is 0 Å². The lowest BCUT2D eigenvalue weighted by molar-refractivity contribution is -0.122. The number of rotatable bonds is 3. The molecule has 0 atom stereocenters. The number of pyridine rings is 1. The van der Waals surface area contributed by atoms with E-state index in [0.29, 0.717) is 5.82 Å². The second-order valence-corrected chi connectivity index (χ2v) is 5.92.